The molecule has 2 aromatic rings. The fourth-order valence-corrected chi connectivity index (χ4v) is 4.16. The second kappa shape index (κ2) is 7.36. The molecule has 27 heavy (non-hydrogen) atoms. The monoisotopic (exact) mass is 390 g/mol. The van der Waals surface area contributed by atoms with Crippen LogP contribution in [0.2, 0.25) is 0 Å². The maximum Gasteiger partial charge on any atom is 0.269 e. The minimum absolute atomic E-state index is 0.136. The van der Waals surface area contributed by atoms with Gasteiger partial charge in [-0.2, -0.15) is 0 Å². The molecule has 0 aromatic heterocycles. The SMILES string of the molecule is C[C@@H](C(=O)N[C@H]1CCOc2ccccc21)S(=O)(=O)c1ccc([N+](=O)[O-])cc1. The predicted molar refractivity (Wildman–Crippen MR) is 97.2 cm³/mol. The Morgan fingerprint density at radius 1 is 1.22 bits per heavy atom. The highest BCUT2D eigenvalue weighted by Gasteiger charge is 2.32. The Hall–Kier alpha value is -2.94. The van der Waals surface area contributed by atoms with Crippen molar-refractivity contribution in [2.24, 2.45) is 0 Å². The van der Waals surface area contributed by atoms with Gasteiger partial charge in [0.1, 0.15) is 11.0 Å². The normalized spacial score (nSPS) is 17.3. The molecule has 1 heterocycles. The molecule has 0 radical (unpaired) electrons. The molecule has 9 heteroatoms. The van der Waals surface area contributed by atoms with Gasteiger partial charge in [0.15, 0.2) is 9.84 Å². The van der Waals surface area contributed by atoms with E-state index < -0.39 is 25.9 Å². The summed E-state index contributed by atoms with van der Waals surface area (Å²) in [5.41, 5.74) is 0.585. The van der Waals surface area contributed by atoms with Gasteiger partial charge < -0.3 is 10.1 Å². The number of sulfone groups is 1. The van der Waals surface area contributed by atoms with Crippen molar-refractivity contribution in [1.82, 2.24) is 5.32 Å². The quantitative estimate of drug-likeness (QED) is 0.619. The van der Waals surface area contributed by atoms with Crippen LogP contribution in [-0.4, -0.2) is 31.1 Å². The lowest BCUT2D eigenvalue weighted by Gasteiger charge is -2.27. The molecule has 0 bridgehead atoms. The molecule has 1 aliphatic rings. The Morgan fingerprint density at radius 3 is 2.56 bits per heavy atom. The van der Waals surface area contributed by atoms with E-state index in [0.717, 1.165) is 29.8 Å². The number of carbonyl (C=O) groups is 1. The van der Waals surface area contributed by atoms with Gasteiger partial charge in [0, 0.05) is 24.1 Å². The fraction of sp³-hybridized carbons (Fsp3) is 0.278. The molecule has 142 valence electrons. The van der Waals surface area contributed by atoms with E-state index in [4.69, 9.17) is 4.74 Å². The maximum absolute atomic E-state index is 12.7. The highest BCUT2D eigenvalue weighted by atomic mass is 32.2. The molecule has 1 N–H and O–H groups in total. The minimum Gasteiger partial charge on any atom is -0.493 e. The van der Waals surface area contributed by atoms with Crippen molar-refractivity contribution >= 4 is 21.4 Å². The highest BCUT2D eigenvalue weighted by Crippen LogP contribution is 2.32. The van der Waals surface area contributed by atoms with E-state index in [2.05, 4.69) is 5.32 Å². The number of nitro groups is 1. The second-order valence-electron chi connectivity index (χ2n) is 6.17. The molecule has 0 fully saturated rings. The molecule has 0 saturated carbocycles. The van der Waals surface area contributed by atoms with Crippen LogP contribution < -0.4 is 10.1 Å². The van der Waals surface area contributed by atoms with E-state index in [1.165, 1.54) is 6.92 Å². The number of para-hydroxylation sites is 1. The molecule has 0 saturated heterocycles. The zero-order valence-electron chi connectivity index (χ0n) is 14.5. The number of rotatable bonds is 5. The Kier molecular flexibility index (Phi) is 5.13. The average molecular weight is 390 g/mol. The molecule has 1 aliphatic heterocycles. The van der Waals surface area contributed by atoms with Crippen LogP contribution in [0.4, 0.5) is 5.69 Å². The molecule has 1 amide bonds. The summed E-state index contributed by atoms with van der Waals surface area (Å²) in [7, 11) is -3.97. The van der Waals surface area contributed by atoms with Crippen molar-refractivity contribution in [1.29, 1.82) is 0 Å². The molecular formula is C18H18N2O6S. The van der Waals surface area contributed by atoms with Gasteiger partial charge in [0.05, 0.1) is 22.5 Å². The topological polar surface area (TPSA) is 116 Å². The maximum atomic E-state index is 12.7. The van der Waals surface area contributed by atoms with Crippen LogP contribution in [-0.2, 0) is 14.6 Å². The van der Waals surface area contributed by atoms with Crippen molar-refractivity contribution in [2.45, 2.75) is 29.5 Å². The molecule has 0 unspecified atom stereocenters. The Bertz CT molecular complexity index is 972. The summed E-state index contributed by atoms with van der Waals surface area (Å²) in [6.07, 6.45) is 0.535. The summed E-state index contributed by atoms with van der Waals surface area (Å²) in [4.78, 5) is 22.5. The van der Waals surface area contributed by atoms with Crippen molar-refractivity contribution in [3.63, 3.8) is 0 Å². The van der Waals surface area contributed by atoms with Crippen molar-refractivity contribution in [3.8, 4) is 5.75 Å². The highest BCUT2D eigenvalue weighted by molar-refractivity contribution is 7.92. The molecule has 0 aliphatic carbocycles. The number of carbonyl (C=O) groups excluding carboxylic acids is 1. The summed E-state index contributed by atoms with van der Waals surface area (Å²) >= 11 is 0. The van der Waals surface area contributed by atoms with Gasteiger partial charge >= 0.3 is 0 Å². The number of nitro benzene ring substituents is 1. The van der Waals surface area contributed by atoms with E-state index in [-0.39, 0.29) is 16.6 Å². The van der Waals surface area contributed by atoms with Gasteiger partial charge in [-0.3, -0.25) is 14.9 Å². The number of non-ortho nitro benzene ring substituents is 1. The number of hydrogen-bond acceptors (Lipinski definition) is 6. The number of ether oxygens (including phenoxy) is 1. The first-order chi connectivity index (χ1) is 12.8. The van der Waals surface area contributed by atoms with Crippen molar-refractivity contribution < 1.29 is 22.9 Å². The van der Waals surface area contributed by atoms with Crippen molar-refractivity contribution in [3.05, 3.63) is 64.2 Å². The Balaban J connectivity index is 1.78. The zero-order valence-corrected chi connectivity index (χ0v) is 15.3. The number of fused-ring (bicyclic) bond motifs is 1. The van der Waals surface area contributed by atoms with Gasteiger partial charge in [0.25, 0.3) is 5.69 Å². The molecule has 8 nitrogen and oxygen atoms in total. The molecule has 0 spiro atoms. The zero-order chi connectivity index (χ0) is 19.6. The van der Waals surface area contributed by atoms with Crippen LogP contribution in [0.3, 0.4) is 0 Å². The van der Waals surface area contributed by atoms with Crippen LogP contribution >= 0.6 is 0 Å². The second-order valence-corrected chi connectivity index (χ2v) is 8.44. The Labute approximate surface area is 156 Å². The lowest BCUT2D eigenvalue weighted by Crippen LogP contribution is -2.41. The number of nitrogens with one attached hydrogen (secondary N) is 1. The smallest absolute Gasteiger partial charge is 0.269 e. The number of hydrogen-bond donors (Lipinski definition) is 1. The van der Waals surface area contributed by atoms with Crippen LogP contribution in [0.25, 0.3) is 0 Å². The number of amides is 1. The lowest BCUT2D eigenvalue weighted by atomic mass is 10.0. The van der Waals surface area contributed by atoms with Crippen LogP contribution in [0.1, 0.15) is 24.9 Å². The number of benzene rings is 2. The average Bonchev–Trinajstić information content (AvgIpc) is 2.67. The van der Waals surface area contributed by atoms with Gasteiger partial charge in [-0.1, -0.05) is 18.2 Å². The van der Waals surface area contributed by atoms with Gasteiger partial charge in [0.2, 0.25) is 5.91 Å². The van der Waals surface area contributed by atoms with Gasteiger partial charge in [-0.25, -0.2) is 8.42 Å². The largest absolute Gasteiger partial charge is 0.493 e. The van der Waals surface area contributed by atoms with E-state index in [1.807, 2.05) is 18.2 Å². The minimum atomic E-state index is -3.97. The molecular weight excluding hydrogens is 372 g/mol. The summed E-state index contributed by atoms with van der Waals surface area (Å²) < 4.78 is 30.9. The standard InChI is InChI=1S/C18H18N2O6S/c1-12(27(24,25)14-8-6-13(7-9-14)20(22)23)18(21)19-16-10-11-26-17-5-3-2-4-15(16)17/h2-9,12,16H,10-11H2,1H3,(H,19,21)/t12-,16-/m0/s1. The Morgan fingerprint density at radius 2 is 1.89 bits per heavy atom. The van der Waals surface area contributed by atoms with Crippen LogP contribution in [0.5, 0.6) is 5.75 Å². The summed E-state index contributed by atoms with van der Waals surface area (Å²) in [6.45, 7) is 1.72. The molecule has 2 aromatic carbocycles. The molecule has 2 atom stereocenters. The third kappa shape index (κ3) is 3.77. The van der Waals surface area contributed by atoms with E-state index in [9.17, 15) is 23.3 Å². The first-order valence-electron chi connectivity index (χ1n) is 8.31. The van der Waals surface area contributed by atoms with Crippen LogP contribution in [0.15, 0.2) is 53.4 Å². The first kappa shape index (κ1) is 18.8. The molecule has 3 rings (SSSR count). The summed E-state index contributed by atoms with van der Waals surface area (Å²) in [5, 5.41) is 12.1. The third-order valence-electron chi connectivity index (χ3n) is 4.49. The lowest BCUT2D eigenvalue weighted by molar-refractivity contribution is -0.384. The van der Waals surface area contributed by atoms with Gasteiger partial charge in [-0.15, -0.1) is 0 Å². The summed E-state index contributed by atoms with van der Waals surface area (Å²) in [6, 6.07) is 11.4. The number of nitrogens with zero attached hydrogens (tertiary/aromatic N) is 1. The summed E-state index contributed by atoms with van der Waals surface area (Å²) in [5.74, 6) is 0.0370. The van der Waals surface area contributed by atoms with E-state index in [0.29, 0.717) is 18.8 Å². The predicted octanol–water partition coefficient (Wildman–Crippen LogP) is 2.40. The fourth-order valence-electron chi connectivity index (χ4n) is 2.88. The van der Waals surface area contributed by atoms with Crippen molar-refractivity contribution in [2.75, 3.05) is 6.61 Å². The van der Waals surface area contributed by atoms with E-state index >= 15 is 0 Å². The van der Waals surface area contributed by atoms with E-state index in [1.54, 1.807) is 6.07 Å². The van der Waals surface area contributed by atoms with Gasteiger partial charge in [-0.05, 0) is 25.1 Å². The van der Waals surface area contributed by atoms with Crippen LogP contribution in [0, 0.1) is 10.1 Å². The first-order valence-corrected chi connectivity index (χ1v) is 9.86. The third-order valence-corrected chi connectivity index (χ3v) is 6.56.